The van der Waals surface area contributed by atoms with E-state index >= 15 is 0 Å². The molecule has 3 heterocycles. The maximum absolute atomic E-state index is 11.0. The molecule has 5 nitrogen and oxygen atoms in total. The minimum Gasteiger partial charge on any atom is -0.480 e. The number of nitrogens with zero attached hydrogens (tertiary/aromatic N) is 2. The lowest BCUT2D eigenvalue weighted by molar-refractivity contribution is -0.138. The fraction of sp³-hybridized carbons (Fsp3) is 0.125. The maximum Gasteiger partial charge on any atom is 0.320 e. The molecule has 5 heteroatoms. The second-order valence-corrected chi connectivity index (χ2v) is 5.30. The van der Waals surface area contributed by atoms with Crippen molar-refractivity contribution < 1.29 is 9.90 Å². The zero-order valence-corrected chi connectivity index (χ0v) is 11.2. The summed E-state index contributed by atoms with van der Waals surface area (Å²) in [6.07, 6.45) is 1.96. The molecule has 0 spiro atoms. The molecule has 3 aromatic rings. The summed E-state index contributed by atoms with van der Waals surface area (Å²) in [7, 11) is 0. The molecule has 2 aliphatic heterocycles. The van der Waals surface area contributed by atoms with E-state index in [2.05, 4.69) is 29.2 Å². The Morgan fingerprint density at radius 3 is 2.81 bits per heavy atom. The number of carbonyl (C=O) groups is 1. The van der Waals surface area contributed by atoms with E-state index in [1.165, 1.54) is 5.39 Å². The number of benzene rings is 2. The number of aliphatic carboxylic acids is 1. The SMILES string of the molecule is NC(Cc1cnc2n1-c1ccc3cc-2ccc3c1)C(=O)O. The van der Waals surface area contributed by atoms with Gasteiger partial charge >= 0.3 is 5.97 Å². The molecule has 1 aromatic heterocycles. The van der Waals surface area contributed by atoms with Crippen molar-refractivity contribution in [2.24, 2.45) is 5.73 Å². The third-order valence-corrected chi connectivity index (χ3v) is 3.92. The molecule has 1 atom stereocenters. The number of nitrogens with two attached hydrogens (primary N) is 1. The Hall–Kier alpha value is -2.66. The number of rotatable bonds is 3. The number of imidazole rings is 1. The van der Waals surface area contributed by atoms with Crippen LogP contribution in [0.4, 0.5) is 0 Å². The van der Waals surface area contributed by atoms with Gasteiger partial charge in [-0.05, 0) is 29.0 Å². The summed E-state index contributed by atoms with van der Waals surface area (Å²) in [5, 5.41) is 11.3. The molecule has 21 heavy (non-hydrogen) atoms. The fourth-order valence-electron chi connectivity index (χ4n) is 2.85. The van der Waals surface area contributed by atoms with E-state index in [4.69, 9.17) is 10.8 Å². The molecule has 104 valence electrons. The Kier molecular flexibility index (Phi) is 2.40. The summed E-state index contributed by atoms with van der Waals surface area (Å²) in [5.74, 6) is -0.180. The van der Waals surface area contributed by atoms with Crippen LogP contribution in [0.3, 0.4) is 0 Å². The van der Waals surface area contributed by atoms with Gasteiger partial charge in [0, 0.05) is 29.6 Å². The summed E-state index contributed by atoms with van der Waals surface area (Å²) in [5.41, 5.74) is 8.49. The van der Waals surface area contributed by atoms with Crippen molar-refractivity contribution >= 4 is 16.7 Å². The molecular formula is C16H13N3O2. The largest absolute Gasteiger partial charge is 0.480 e. The predicted octanol–water partition coefficient (Wildman–Crippen LogP) is 1.96. The molecule has 0 fully saturated rings. The number of carboxylic acid groups (broad SMARTS) is 1. The molecule has 0 amide bonds. The first kappa shape index (κ1) is 12.1. The standard InChI is InChI=1S/C16H13N3O2/c17-14(16(20)21)7-13-8-18-15-11-2-1-10-6-12(19(13)15)4-3-9(10)5-11/h1-6,8,14H,7,17H2,(H,20,21). The number of hydrogen-bond acceptors (Lipinski definition) is 3. The molecule has 0 saturated carbocycles. The Bertz CT molecular complexity index is 882. The molecule has 3 N–H and O–H groups in total. The average Bonchev–Trinajstić information content (AvgIpc) is 2.85. The summed E-state index contributed by atoms with van der Waals surface area (Å²) < 4.78 is 1.99. The lowest BCUT2D eigenvalue weighted by atomic mass is 10.0. The molecule has 2 aliphatic rings. The van der Waals surface area contributed by atoms with Crippen LogP contribution in [-0.4, -0.2) is 26.7 Å². The highest BCUT2D eigenvalue weighted by atomic mass is 16.4. The molecule has 2 aromatic carbocycles. The van der Waals surface area contributed by atoms with Gasteiger partial charge in [0.15, 0.2) is 0 Å². The smallest absolute Gasteiger partial charge is 0.320 e. The molecule has 0 aliphatic carbocycles. The average molecular weight is 279 g/mol. The third-order valence-electron chi connectivity index (χ3n) is 3.92. The maximum atomic E-state index is 11.0. The summed E-state index contributed by atoms with van der Waals surface area (Å²) in [6, 6.07) is 11.4. The van der Waals surface area contributed by atoms with Gasteiger partial charge in [0.25, 0.3) is 0 Å². The lowest BCUT2D eigenvalue weighted by Crippen LogP contribution is -2.33. The van der Waals surface area contributed by atoms with E-state index in [1.807, 2.05) is 16.7 Å². The Morgan fingerprint density at radius 1 is 1.24 bits per heavy atom. The topological polar surface area (TPSA) is 81.1 Å². The monoisotopic (exact) mass is 279 g/mol. The molecule has 5 rings (SSSR count). The van der Waals surface area contributed by atoms with Crippen LogP contribution in [0.5, 0.6) is 0 Å². The molecule has 0 radical (unpaired) electrons. The van der Waals surface area contributed by atoms with E-state index in [1.54, 1.807) is 6.20 Å². The van der Waals surface area contributed by atoms with E-state index in [-0.39, 0.29) is 6.42 Å². The second kappa shape index (κ2) is 4.17. The Morgan fingerprint density at radius 2 is 2.00 bits per heavy atom. The van der Waals surface area contributed by atoms with Crippen molar-refractivity contribution in [3.05, 3.63) is 48.3 Å². The summed E-state index contributed by atoms with van der Waals surface area (Å²) >= 11 is 0. The molecule has 0 saturated heterocycles. The summed E-state index contributed by atoms with van der Waals surface area (Å²) in [6.45, 7) is 0. The number of hydrogen-bond donors (Lipinski definition) is 2. The van der Waals surface area contributed by atoms with Crippen molar-refractivity contribution in [3.8, 4) is 17.1 Å². The highest BCUT2D eigenvalue weighted by Crippen LogP contribution is 2.32. The number of carboxylic acids is 1. The first-order chi connectivity index (χ1) is 10.1. The minimum absolute atomic E-state index is 0.246. The van der Waals surface area contributed by atoms with Crippen LogP contribution in [0.25, 0.3) is 27.8 Å². The van der Waals surface area contributed by atoms with Gasteiger partial charge in [-0.2, -0.15) is 0 Å². The van der Waals surface area contributed by atoms with Crippen molar-refractivity contribution in [2.45, 2.75) is 12.5 Å². The van der Waals surface area contributed by atoms with Gasteiger partial charge in [0.05, 0.1) is 0 Å². The van der Waals surface area contributed by atoms with E-state index < -0.39 is 12.0 Å². The van der Waals surface area contributed by atoms with Gasteiger partial charge in [0.2, 0.25) is 0 Å². The van der Waals surface area contributed by atoms with Crippen molar-refractivity contribution in [3.63, 3.8) is 0 Å². The highest BCUT2D eigenvalue weighted by Gasteiger charge is 2.21. The zero-order chi connectivity index (χ0) is 14.6. The Balaban J connectivity index is 1.93. The third kappa shape index (κ3) is 1.75. The van der Waals surface area contributed by atoms with Gasteiger partial charge in [-0.25, -0.2) is 4.98 Å². The normalized spacial score (nSPS) is 13.4. The van der Waals surface area contributed by atoms with Crippen LogP contribution in [0.15, 0.2) is 42.6 Å². The van der Waals surface area contributed by atoms with E-state index in [0.29, 0.717) is 0 Å². The van der Waals surface area contributed by atoms with Crippen LogP contribution in [0, 0.1) is 0 Å². The van der Waals surface area contributed by atoms with Crippen LogP contribution in [0.2, 0.25) is 0 Å². The van der Waals surface area contributed by atoms with Gasteiger partial charge < -0.3 is 10.8 Å². The first-order valence-electron chi connectivity index (χ1n) is 6.73. The molecule has 4 bridgehead atoms. The Labute approximate surface area is 120 Å². The number of aromatic nitrogens is 2. The quantitative estimate of drug-likeness (QED) is 0.600. The minimum atomic E-state index is -1.00. The van der Waals surface area contributed by atoms with Crippen LogP contribution >= 0.6 is 0 Å². The van der Waals surface area contributed by atoms with E-state index in [0.717, 1.165) is 28.2 Å². The van der Waals surface area contributed by atoms with Gasteiger partial charge in [-0.1, -0.05) is 18.2 Å². The molecular weight excluding hydrogens is 266 g/mol. The highest BCUT2D eigenvalue weighted by molar-refractivity contribution is 5.90. The van der Waals surface area contributed by atoms with Crippen molar-refractivity contribution in [1.29, 1.82) is 0 Å². The van der Waals surface area contributed by atoms with Crippen molar-refractivity contribution in [2.75, 3.05) is 0 Å². The van der Waals surface area contributed by atoms with E-state index in [9.17, 15) is 4.79 Å². The lowest BCUT2D eigenvalue weighted by Gasteiger charge is -2.17. The van der Waals surface area contributed by atoms with Crippen LogP contribution in [0.1, 0.15) is 5.69 Å². The van der Waals surface area contributed by atoms with Gasteiger partial charge in [-0.3, -0.25) is 9.36 Å². The predicted molar refractivity (Wildman–Crippen MR) is 79.4 cm³/mol. The van der Waals surface area contributed by atoms with Crippen LogP contribution < -0.4 is 5.73 Å². The second-order valence-electron chi connectivity index (χ2n) is 5.30. The van der Waals surface area contributed by atoms with Crippen LogP contribution in [-0.2, 0) is 11.2 Å². The van der Waals surface area contributed by atoms with Crippen molar-refractivity contribution in [1.82, 2.24) is 9.55 Å². The zero-order valence-electron chi connectivity index (χ0n) is 11.2. The number of fused-ring (bicyclic) bond motifs is 2. The molecule has 1 unspecified atom stereocenters. The fourth-order valence-corrected chi connectivity index (χ4v) is 2.85. The van der Waals surface area contributed by atoms with Gasteiger partial charge in [0.1, 0.15) is 11.9 Å². The summed E-state index contributed by atoms with van der Waals surface area (Å²) in [4.78, 5) is 15.5. The first-order valence-corrected chi connectivity index (χ1v) is 6.73. The van der Waals surface area contributed by atoms with Gasteiger partial charge in [-0.15, -0.1) is 0 Å².